The quantitative estimate of drug-likeness (QED) is 0.569. The molecule has 2 atom stereocenters. The SMILES string of the molecule is COC1=CC23CC(Cc4cc(OC)ccc42)N(CCc2ccc(OC)c(OC)c2)CC3=CC1=O.Cl. The molecule has 2 aromatic rings. The molecule has 6 nitrogen and oxygen atoms in total. The zero-order valence-corrected chi connectivity index (χ0v) is 21.4. The van der Waals surface area contributed by atoms with Crippen LogP contribution in [0.2, 0.25) is 0 Å². The number of hydrogen-bond acceptors (Lipinski definition) is 6. The number of hydrogen-bond donors (Lipinski definition) is 0. The molecule has 3 aliphatic rings. The van der Waals surface area contributed by atoms with Gasteiger partial charge in [-0.2, -0.15) is 0 Å². The Morgan fingerprint density at radius 3 is 2.49 bits per heavy atom. The van der Waals surface area contributed by atoms with Crippen molar-refractivity contribution in [1.82, 2.24) is 4.90 Å². The molecule has 35 heavy (non-hydrogen) atoms. The smallest absolute Gasteiger partial charge is 0.220 e. The highest BCUT2D eigenvalue weighted by molar-refractivity contribution is 6.05. The van der Waals surface area contributed by atoms with Crippen LogP contribution in [0, 0.1) is 0 Å². The number of piperidine rings is 1. The molecule has 2 unspecified atom stereocenters. The Morgan fingerprint density at radius 2 is 1.77 bits per heavy atom. The lowest BCUT2D eigenvalue weighted by molar-refractivity contribution is -0.114. The summed E-state index contributed by atoms with van der Waals surface area (Å²) in [5.74, 6) is 2.72. The highest BCUT2D eigenvalue weighted by atomic mass is 35.5. The average molecular weight is 498 g/mol. The Bertz CT molecular complexity index is 1190. The molecule has 1 aliphatic heterocycles. The van der Waals surface area contributed by atoms with E-state index in [4.69, 9.17) is 18.9 Å². The van der Waals surface area contributed by atoms with E-state index in [0.29, 0.717) is 11.8 Å². The van der Waals surface area contributed by atoms with E-state index in [1.165, 1.54) is 16.7 Å². The Labute approximate surface area is 212 Å². The lowest BCUT2D eigenvalue weighted by Crippen LogP contribution is -2.55. The minimum Gasteiger partial charge on any atom is -0.497 e. The highest BCUT2D eigenvalue weighted by Gasteiger charge is 2.49. The minimum atomic E-state index is -0.302. The number of rotatable bonds is 7. The molecule has 0 aromatic heterocycles. The van der Waals surface area contributed by atoms with Gasteiger partial charge in [0.1, 0.15) is 5.75 Å². The molecule has 0 amide bonds. The lowest BCUT2D eigenvalue weighted by atomic mass is 9.59. The molecule has 2 aliphatic carbocycles. The summed E-state index contributed by atoms with van der Waals surface area (Å²) in [6.07, 6.45) is 6.64. The van der Waals surface area contributed by atoms with Crippen molar-refractivity contribution < 1.29 is 23.7 Å². The van der Waals surface area contributed by atoms with Crippen LogP contribution in [0.5, 0.6) is 17.2 Å². The summed E-state index contributed by atoms with van der Waals surface area (Å²) in [6, 6.07) is 12.8. The number of ether oxygens (including phenoxy) is 4. The highest BCUT2D eigenvalue weighted by Crippen LogP contribution is 2.51. The molecular weight excluding hydrogens is 466 g/mol. The van der Waals surface area contributed by atoms with Crippen LogP contribution < -0.4 is 14.2 Å². The van der Waals surface area contributed by atoms with E-state index in [1.54, 1.807) is 34.5 Å². The fourth-order valence-electron chi connectivity index (χ4n) is 5.82. The Kier molecular flexibility index (Phi) is 7.15. The molecular formula is C28H32ClNO5. The van der Waals surface area contributed by atoms with Crippen LogP contribution in [0.25, 0.3) is 0 Å². The van der Waals surface area contributed by atoms with E-state index in [9.17, 15) is 4.79 Å². The van der Waals surface area contributed by atoms with E-state index < -0.39 is 0 Å². The van der Waals surface area contributed by atoms with Crippen LogP contribution in [0.15, 0.2) is 59.9 Å². The zero-order chi connectivity index (χ0) is 23.9. The summed E-state index contributed by atoms with van der Waals surface area (Å²) in [5, 5.41) is 0. The molecule has 2 aromatic carbocycles. The normalized spacial score (nSPS) is 22.6. The number of benzene rings is 2. The molecule has 1 spiro atoms. The maximum atomic E-state index is 12.7. The van der Waals surface area contributed by atoms with Gasteiger partial charge in [0.2, 0.25) is 5.78 Å². The van der Waals surface area contributed by atoms with Gasteiger partial charge in [-0.25, -0.2) is 0 Å². The topological polar surface area (TPSA) is 57.2 Å². The summed E-state index contributed by atoms with van der Waals surface area (Å²) in [6.45, 7) is 1.66. The van der Waals surface area contributed by atoms with Crippen LogP contribution in [-0.4, -0.2) is 58.3 Å². The Hall–Kier alpha value is -2.96. The number of fused-ring (bicyclic) bond motifs is 2. The number of ketones is 1. The van der Waals surface area contributed by atoms with Crippen molar-refractivity contribution in [2.75, 3.05) is 41.5 Å². The first-order chi connectivity index (χ1) is 16.5. The van der Waals surface area contributed by atoms with Crippen LogP contribution in [-0.2, 0) is 27.8 Å². The van der Waals surface area contributed by atoms with Crippen LogP contribution >= 0.6 is 12.4 Å². The summed E-state index contributed by atoms with van der Waals surface area (Å²) < 4.78 is 21.9. The number of methoxy groups -OCH3 is 4. The van der Waals surface area contributed by atoms with E-state index >= 15 is 0 Å². The van der Waals surface area contributed by atoms with Gasteiger partial charge in [-0.3, -0.25) is 9.69 Å². The molecule has 186 valence electrons. The zero-order valence-electron chi connectivity index (χ0n) is 20.6. The van der Waals surface area contributed by atoms with Crippen molar-refractivity contribution in [2.45, 2.75) is 30.7 Å². The van der Waals surface area contributed by atoms with Gasteiger partial charge in [0.15, 0.2) is 17.3 Å². The standard InChI is InChI=1S/C28H31NO5.ClH/c1-31-22-6-7-23-19(13-22)12-21-15-28(23)16-27(34-4)24(30)14-20(28)17-29(21)10-9-18-5-8-25(32-2)26(11-18)33-3;/h5-8,11,13-14,16,21H,9-10,12,15,17H2,1-4H3;1H. The van der Waals surface area contributed by atoms with Crippen LogP contribution in [0.1, 0.15) is 23.1 Å². The molecule has 0 radical (unpaired) electrons. The Balaban J connectivity index is 0.00000289. The first kappa shape index (κ1) is 25.1. The third-order valence-electron chi connectivity index (χ3n) is 7.55. The first-order valence-corrected chi connectivity index (χ1v) is 11.7. The van der Waals surface area contributed by atoms with Crippen LogP contribution in [0.3, 0.4) is 0 Å². The van der Waals surface area contributed by atoms with Gasteiger partial charge in [-0.05, 0) is 77.9 Å². The fourth-order valence-corrected chi connectivity index (χ4v) is 5.82. The second-order valence-corrected chi connectivity index (χ2v) is 9.21. The molecule has 1 heterocycles. The van der Waals surface area contributed by atoms with Crippen molar-refractivity contribution in [3.8, 4) is 17.2 Å². The van der Waals surface area contributed by atoms with Crippen molar-refractivity contribution in [3.05, 3.63) is 76.6 Å². The summed E-state index contributed by atoms with van der Waals surface area (Å²) in [5.41, 5.74) is 4.58. The molecule has 2 bridgehead atoms. The maximum absolute atomic E-state index is 12.7. The van der Waals surface area contributed by atoms with Gasteiger partial charge >= 0.3 is 0 Å². The first-order valence-electron chi connectivity index (χ1n) is 11.7. The predicted octanol–water partition coefficient (Wildman–Crippen LogP) is 4.28. The molecule has 1 fully saturated rings. The monoisotopic (exact) mass is 497 g/mol. The van der Waals surface area contributed by atoms with E-state index in [-0.39, 0.29) is 23.6 Å². The molecule has 0 N–H and O–H groups in total. The van der Waals surface area contributed by atoms with Gasteiger partial charge in [0.05, 0.1) is 28.4 Å². The van der Waals surface area contributed by atoms with Gasteiger partial charge in [0, 0.05) is 24.5 Å². The average Bonchev–Trinajstić information content (AvgIpc) is 2.87. The molecule has 5 rings (SSSR count). The number of carbonyl (C=O) groups is 1. The summed E-state index contributed by atoms with van der Waals surface area (Å²) in [4.78, 5) is 15.2. The summed E-state index contributed by atoms with van der Waals surface area (Å²) >= 11 is 0. The molecule has 1 saturated heterocycles. The number of allylic oxidation sites excluding steroid dienone is 2. The fraction of sp³-hybridized carbons (Fsp3) is 0.393. The van der Waals surface area contributed by atoms with Gasteiger partial charge in [0.25, 0.3) is 0 Å². The van der Waals surface area contributed by atoms with Crippen molar-refractivity contribution in [1.29, 1.82) is 0 Å². The maximum Gasteiger partial charge on any atom is 0.220 e. The van der Waals surface area contributed by atoms with Crippen molar-refractivity contribution >= 4 is 18.2 Å². The number of likely N-dealkylation sites (tertiary alicyclic amines) is 1. The van der Waals surface area contributed by atoms with E-state index in [1.807, 2.05) is 18.2 Å². The van der Waals surface area contributed by atoms with Crippen molar-refractivity contribution in [3.63, 3.8) is 0 Å². The van der Waals surface area contributed by atoms with Crippen molar-refractivity contribution in [2.24, 2.45) is 0 Å². The second-order valence-electron chi connectivity index (χ2n) is 9.21. The number of carbonyl (C=O) groups excluding carboxylic acids is 1. The molecule has 7 heteroatoms. The number of nitrogens with zero attached hydrogens (tertiary/aromatic N) is 1. The van der Waals surface area contributed by atoms with Gasteiger partial charge in [-0.1, -0.05) is 12.1 Å². The van der Waals surface area contributed by atoms with E-state index in [2.05, 4.69) is 29.2 Å². The minimum absolute atomic E-state index is 0. The van der Waals surface area contributed by atoms with E-state index in [0.717, 1.165) is 55.2 Å². The molecule has 0 saturated carbocycles. The third kappa shape index (κ3) is 4.30. The summed E-state index contributed by atoms with van der Waals surface area (Å²) in [7, 11) is 6.59. The largest absolute Gasteiger partial charge is 0.497 e. The van der Waals surface area contributed by atoms with Gasteiger partial charge in [-0.15, -0.1) is 12.4 Å². The van der Waals surface area contributed by atoms with Gasteiger partial charge < -0.3 is 18.9 Å². The lowest BCUT2D eigenvalue weighted by Gasteiger charge is -2.52. The number of halogens is 1. The Morgan fingerprint density at radius 1 is 0.971 bits per heavy atom. The third-order valence-corrected chi connectivity index (χ3v) is 7.55. The van der Waals surface area contributed by atoms with Crippen LogP contribution in [0.4, 0.5) is 0 Å². The predicted molar refractivity (Wildman–Crippen MR) is 137 cm³/mol. The second kappa shape index (κ2) is 9.96.